The molecule has 1 aliphatic carbocycles. The summed E-state index contributed by atoms with van der Waals surface area (Å²) >= 11 is 0. The Hall–Kier alpha value is -1.85. The van der Waals surface area contributed by atoms with Crippen LogP contribution in [0, 0.1) is 6.92 Å². The van der Waals surface area contributed by atoms with Gasteiger partial charge in [-0.15, -0.1) is 0 Å². The Bertz CT molecular complexity index is 948. The number of fused-ring (bicyclic) bond motifs is 1. The van der Waals surface area contributed by atoms with Gasteiger partial charge in [-0.3, -0.25) is 0 Å². The summed E-state index contributed by atoms with van der Waals surface area (Å²) in [4.78, 5) is 0.319. The number of ether oxygens (including phenoxy) is 1. The molecule has 0 fully saturated rings. The van der Waals surface area contributed by atoms with Gasteiger partial charge in [-0.1, -0.05) is 32.0 Å². The third kappa shape index (κ3) is 4.04. The van der Waals surface area contributed by atoms with E-state index >= 15 is 0 Å². The van der Waals surface area contributed by atoms with Crippen LogP contribution >= 0.6 is 0 Å². The zero-order valence-corrected chi connectivity index (χ0v) is 17.6. The molecule has 3 rings (SSSR count). The highest BCUT2D eigenvalue weighted by atomic mass is 32.2. The van der Waals surface area contributed by atoms with E-state index in [0.29, 0.717) is 10.5 Å². The van der Waals surface area contributed by atoms with Crippen molar-refractivity contribution in [3.63, 3.8) is 0 Å². The van der Waals surface area contributed by atoms with Crippen LogP contribution in [0.2, 0.25) is 0 Å². The van der Waals surface area contributed by atoms with E-state index in [1.54, 1.807) is 20.1 Å². The first kappa shape index (κ1) is 19.9. The van der Waals surface area contributed by atoms with Crippen LogP contribution in [0.5, 0.6) is 5.75 Å². The van der Waals surface area contributed by atoms with Crippen LogP contribution in [-0.4, -0.2) is 15.5 Å². The zero-order chi connectivity index (χ0) is 19.8. The van der Waals surface area contributed by atoms with E-state index in [0.717, 1.165) is 29.7 Å². The van der Waals surface area contributed by atoms with E-state index in [2.05, 4.69) is 16.9 Å². The van der Waals surface area contributed by atoms with Gasteiger partial charge in [0.05, 0.1) is 12.0 Å². The Morgan fingerprint density at radius 1 is 1.04 bits per heavy atom. The SMILES string of the molecule is COc1cc(C)c(S(=O)(=O)NC(C)c2ccc3c(c2)CCC3)cc1C(C)C. The van der Waals surface area contributed by atoms with Crippen LogP contribution in [0.1, 0.15) is 67.0 Å². The second-order valence-corrected chi connectivity index (χ2v) is 9.42. The summed E-state index contributed by atoms with van der Waals surface area (Å²) in [6, 6.07) is 9.59. The smallest absolute Gasteiger partial charge is 0.241 e. The molecule has 0 spiro atoms. The molecule has 2 aromatic rings. The number of benzene rings is 2. The quantitative estimate of drug-likeness (QED) is 0.785. The highest BCUT2D eigenvalue weighted by Gasteiger charge is 2.24. The molecule has 0 bridgehead atoms. The van der Waals surface area contributed by atoms with Gasteiger partial charge in [0.2, 0.25) is 10.0 Å². The molecule has 4 nitrogen and oxygen atoms in total. The maximum absolute atomic E-state index is 13.1. The molecule has 0 amide bonds. The molecule has 0 saturated heterocycles. The standard InChI is InChI=1S/C22H29NO3S/c1-14(2)20-13-22(15(3)11-21(20)26-5)27(24,25)23-16(4)18-10-9-17-7-6-8-19(17)12-18/h9-14,16,23H,6-8H2,1-5H3. The fourth-order valence-electron chi connectivity index (χ4n) is 3.82. The van der Waals surface area contributed by atoms with Crippen LogP contribution < -0.4 is 9.46 Å². The van der Waals surface area contributed by atoms with E-state index in [9.17, 15) is 8.42 Å². The number of rotatable bonds is 6. The summed E-state index contributed by atoms with van der Waals surface area (Å²) in [5.41, 5.74) is 5.33. The molecule has 146 valence electrons. The van der Waals surface area contributed by atoms with Crippen molar-refractivity contribution in [1.82, 2.24) is 4.72 Å². The van der Waals surface area contributed by atoms with Gasteiger partial charge in [0.15, 0.2) is 0 Å². The van der Waals surface area contributed by atoms with Gasteiger partial charge in [0.1, 0.15) is 5.75 Å². The van der Waals surface area contributed by atoms with Crippen LogP contribution in [0.3, 0.4) is 0 Å². The molecule has 5 heteroatoms. The molecule has 0 saturated carbocycles. The molecular formula is C22H29NO3S. The number of hydrogen-bond acceptors (Lipinski definition) is 3. The molecule has 0 aliphatic heterocycles. The Morgan fingerprint density at radius 2 is 1.74 bits per heavy atom. The lowest BCUT2D eigenvalue weighted by molar-refractivity contribution is 0.406. The molecule has 1 aliphatic rings. The fraction of sp³-hybridized carbons (Fsp3) is 0.455. The van der Waals surface area contributed by atoms with Crippen molar-refractivity contribution in [2.75, 3.05) is 7.11 Å². The number of hydrogen-bond donors (Lipinski definition) is 1. The van der Waals surface area contributed by atoms with E-state index in [4.69, 9.17) is 4.74 Å². The molecule has 1 atom stereocenters. The number of nitrogens with one attached hydrogen (secondary N) is 1. The monoisotopic (exact) mass is 387 g/mol. The Balaban J connectivity index is 1.91. The van der Waals surface area contributed by atoms with Crippen molar-refractivity contribution in [2.45, 2.75) is 63.8 Å². The topological polar surface area (TPSA) is 55.4 Å². The highest BCUT2D eigenvalue weighted by Crippen LogP contribution is 2.32. The molecule has 0 radical (unpaired) electrons. The summed E-state index contributed by atoms with van der Waals surface area (Å²) in [5, 5.41) is 0. The average Bonchev–Trinajstić information content (AvgIpc) is 3.08. The fourth-order valence-corrected chi connectivity index (χ4v) is 5.31. The normalized spacial score (nSPS) is 15.0. The molecule has 2 aromatic carbocycles. The lowest BCUT2D eigenvalue weighted by Crippen LogP contribution is -2.27. The van der Waals surface area contributed by atoms with Crippen molar-refractivity contribution >= 4 is 10.0 Å². The summed E-state index contributed by atoms with van der Waals surface area (Å²) in [6.45, 7) is 7.77. The van der Waals surface area contributed by atoms with Gasteiger partial charge in [-0.25, -0.2) is 13.1 Å². The summed E-state index contributed by atoms with van der Waals surface area (Å²) < 4.78 is 34.5. The lowest BCUT2D eigenvalue weighted by atomic mass is 10.0. The maximum Gasteiger partial charge on any atom is 0.241 e. The van der Waals surface area contributed by atoms with Crippen LogP contribution in [0.4, 0.5) is 0 Å². The third-order valence-corrected chi connectivity index (χ3v) is 7.08. The Labute approximate surface area is 163 Å². The van der Waals surface area contributed by atoms with Crippen molar-refractivity contribution in [3.8, 4) is 5.75 Å². The van der Waals surface area contributed by atoms with Crippen molar-refractivity contribution < 1.29 is 13.2 Å². The van der Waals surface area contributed by atoms with Gasteiger partial charge in [-0.2, -0.15) is 0 Å². The van der Waals surface area contributed by atoms with Crippen LogP contribution in [-0.2, 0) is 22.9 Å². The third-order valence-electron chi connectivity index (χ3n) is 5.39. The van der Waals surface area contributed by atoms with Crippen molar-refractivity contribution in [2.24, 2.45) is 0 Å². The van der Waals surface area contributed by atoms with Crippen LogP contribution in [0.15, 0.2) is 35.2 Å². The van der Waals surface area contributed by atoms with Gasteiger partial charge in [0, 0.05) is 6.04 Å². The average molecular weight is 388 g/mol. The molecule has 0 aromatic heterocycles. The predicted molar refractivity (Wildman–Crippen MR) is 109 cm³/mol. The van der Waals surface area contributed by atoms with E-state index in [1.807, 2.05) is 32.9 Å². The van der Waals surface area contributed by atoms with Crippen molar-refractivity contribution in [3.05, 3.63) is 58.1 Å². The molecular weight excluding hydrogens is 358 g/mol. The minimum atomic E-state index is -3.64. The van der Waals surface area contributed by atoms with E-state index in [-0.39, 0.29) is 12.0 Å². The molecule has 0 heterocycles. The first-order valence-electron chi connectivity index (χ1n) is 9.55. The largest absolute Gasteiger partial charge is 0.496 e. The van der Waals surface area contributed by atoms with Gasteiger partial charge in [-0.05, 0) is 79.0 Å². The second-order valence-electron chi connectivity index (χ2n) is 7.74. The second kappa shape index (κ2) is 7.64. The van der Waals surface area contributed by atoms with E-state index in [1.165, 1.54) is 17.5 Å². The number of sulfonamides is 1. The Morgan fingerprint density at radius 3 is 2.41 bits per heavy atom. The summed E-state index contributed by atoms with van der Waals surface area (Å²) in [5.74, 6) is 0.900. The Kier molecular flexibility index (Phi) is 5.63. The first-order valence-corrected chi connectivity index (χ1v) is 11.0. The summed E-state index contributed by atoms with van der Waals surface area (Å²) in [6.07, 6.45) is 3.39. The number of aryl methyl sites for hydroxylation is 3. The zero-order valence-electron chi connectivity index (χ0n) is 16.8. The minimum Gasteiger partial charge on any atom is -0.496 e. The van der Waals surface area contributed by atoms with Crippen molar-refractivity contribution in [1.29, 1.82) is 0 Å². The number of methoxy groups -OCH3 is 1. The minimum absolute atomic E-state index is 0.170. The molecule has 1 N–H and O–H groups in total. The van der Waals surface area contributed by atoms with E-state index < -0.39 is 10.0 Å². The lowest BCUT2D eigenvalue weighted by Gasteiger charge is -2.19. The van der Waals surface area contributed by atoms with Gasteiger partial charge in [0.25, 0.3) is 0 Å². The highest BCUT2D eigenvalue weighted by molar-refractivity contribution is 7.89. The predicted octanol–water partition coefficient (Wildman–Crippen LogP) is 4.66. The first-order chi connectivity index (χ1) is 12.7. The van der Waals surface area contributed by atoms with Gasteiger partial charge >= 0.3 is 0 Å². The van der Waals surface area contributed by atoms with Gasteiger partial charge < -0.3 is 4.74 Å². The molecule has 1 unspecified atom stereocenters. The summed E-state index contributed by atoms with van der Waals surface area (Å²) in [7, 11) is -2.02. The molecule has 27 heavy (non-hydrogen) atoms. The maximum atomic E-state index is 13.1. The van der Waals surface area contributed by atoms with Crippen LogP contribution in [0.25, 0.3) is 0 Å².